The van der Waals surface area contributed by atoms with E-state index in [1.54, 1.807) is 40.7 Å². The number of rotatable bonds is 4. The van der Waals surface area contributed by atoms with Gasteiger partial charge in [0.25, 0.3) is 5.56 Å². The van der Waals surface area contributed by atoms with Crippen LogP contribution in [0.5, 0.6) is 5.75 Å². The maximum absolute atomic E-state index is 14.5. The number of ether oxygens (including phenoxy) is 5. The Hall–Kier alpha value is -3.89. The van der Waals surface area contributed by atoms with Gasteiger partial charge in [-0.05, 0) is 84.9 Å². The molecule has 5 aliphatic rings. The number of aryl methyl sites for hydroxylation is 1. The van der Waals surface area contributed by atoms with Crippen molar-refractivity contribution in [3.05, 3.63) is 39.2 Å². The highest BCUT2D eigenvalue weighted by Crippen LogP contribution is 2.67. The molecule has 1 aromatic carbocycles. The van der Waals surface area contributed by atoms with E-state index in [9.17, 15) is 24.0 Å². The van der Waals surface area contributed by atoms with E-state index < -0.39 is 74.5 Å². The first kappa shape index (κ1) is 31.7. The second-order valence-corrected chi connectivity index (χ2v) is 16.3. The fourth-order valence-corrected chi connectivity index (χ4v) is 9.01. The summed E-state index contributed by atoms with van der Waals surface area (Å²) in [6.07, 6.45) is -1.13. The monoisotopic (exact) mass is 649 g/mol. The second kappa shape index (κ2) is 8.96. The Kier molecular flexibility index (Phi) is 6.04. The number of hydrogen-bond donors (Lipinski definition) is 1. The molecule has 3 aliphatic heterocycles. The lowest BCUT2D eigenvalue weighted by Crippen LogP contribution is -2.57. The van der Waals surface area contributed by atoms with E-state index in [0.29, 0.717) is 40.6 Å². The van der Waals surface area contributed by atoms with Crippen molar-refractivity contribution in [2.24, 2.45) is 21.7 Å². The first-order valence-electron chi connectivity index (χ1n) is 16.4. The van der Waals surface area contributed by atoms with Gasteiger partial charge in [0.1, 0.15) is 11.4 Å². The number of carbonyl (C=O) groups is 4. The number of aromatic nitrogens is 1. The molecule has 2 saturated heterocycles. The SMILES string of the molecule is Cc1c(C)c2ccc3c(c2[nH]c1=O)[C@@H](OC(=O)C12CCC(C)(C(=O)O1)C2(C)C)[C@@H](OC(=O)C12CCC(C)(C(=O)O1)C2(C)C)C(C)(C)O3. The average molecular weight is 650 g/mol. The average Bonchev–Trinajstić information content (AvgIpc) is 3.45. The van der Waals surface area contributed by atoms with Gasteiger partial charge in [0.05, 0.1) is 21.9 Å². The van der Waals surface area contributed by atoms with E-state index in [1.807, 2.05) is 40.7 Å². The van der Waals surface area contributed by atoms with Crippen LogP contribution in [0.1, 0.15) is 104 Å². The van der Waals surface area contributed by atoms with E-state index in [4.69, 9.17) is 23.7 Å². The Morgan fingerprint density at radius 1 is 0.723 bits per heavy atom. The summed E-state index contributed by atoms with van der Waals surface area (Å²) in [7, 11) is 0. The van der Waals surface area contributed by atoms with Gasteiger partial charge in [0.2, 0.25) is 11.2 Å². The number of benzene rings is 1. The van der Waals surface area contributed by atoms with Gasteiger partial charge in [0.15, 0.2) is 12.2 Å². The molecule has 7 rings (SSSR count). The molecular formula is C36H43NO10. The fraction of sp³-hybridized carbons (Fsp3) is 0.639. The number of fused-ring (bicyclic) bond motifs is 7. The van der Waals surface area contributed by atoms with Crippen molar-refractivity contribution < 1.29 is 42.9 Å². The third-order valence-corrected chi connectivity index (χ3v) is 13.7. The molecule has 6 atom stereocenters. The zero-order valence-corrected chi connectivity index (χ0v) is 28.7. The zero-order chi connectivity index (χ0) is 34.5. The minimum atomic E-state index is -1.57. The lowest BCUT2D eigenvalue weighted by Gasteiger charge is -2.46. The van der Waals surface area contributed by atoms with Crippen LogP contribution in [-0.4, -0.2) is 51.8 Å². The van der Waals surface area contributed by atoms with Crippen molar-refractivity contribution in [3.8, 4) is 5.75 Å². The first-order valence-corrected chi connectivity index (χ1v) is 16.4. The lowest BCUT2D eigenvalue weighted by atomic mass is 9.66. The smallest absolute Gasteiger partial charge is 0.351 e. The van der Waals surface area contributed by atoms with Gasteiger partial charge in [-0.25, -0.2) is 9.59 Å². The van der Waals surface area contributed by atoms with Crippen molar-refractivity contribution in [2.75, 3.05) is 0 Å². The summed E-state index contributed by atoms with van der Waals surface area (Å²) in [5.41, 5.74) is -6.32. The highest BCUT2D eigenvalue weighted by molar-refractivity contribution is 5.95. The molecule has 252 valence electrons. The molecule has 0 amide bonds. The summed E-state index contributed by atoms with van der Waals surface area (Å²) in [6, 6.07) is 3.58. The Morgan fingerprint density at radius 3 is 1.70 bits per heavy atom. The van der Waals surface area contributed by atoms with Gasteiger partial charge in [-0.2, -0.15) is 0 Å². The molecule has 4 heterocycles. The molecule has 11 nitrogen and oxygen atoms in total. The minimum Gasteiger partial charge on any atom is -0.483 e. The van der Waals surface area contributed by atoms with E-state index >= 15 is 0 Å². The fourth-order valence-electron chi connectivity index (χ4n) is 9.01. The Morgan fingerprint density at radius 2 is 1.23 bits per heavy atom. The molecule has 2 aromatic rings. The van der Waals surface area contributed by atoms with Crippen molar-refractivity contribution in [1.82, 2.24) is 4.98 Å². The maximum atomic E-state index is 14.5. The van der Waals surface area contributed by atoms with E-state index in [-0.39, 0.29) is 18.4 Å². The van der Waals surface area contributed by atoms with Crippen molar-refractivity contribution in [1.29, 1.82) is 0 Å². The van der Waals surface area contributed by atoms with Crippen LogP contribution < -0.4 is 10.3 Å². The molecule has 0 radical (unpaired) electrons. The topological polar surface area (TPSA) is 147 Å². The highest BCUT2D eigenvalue weighted by Gasteiger charge is 2.78. The zero-order valence-electron chi connectivity index (χ0n) is 28.7. The van der Waals surface area contributed by atoms with Gasteiger partial charge < -0.3 is 28.7 Å². The van der Waals surface area contributed by atoms with Crippen LogP contribution in [0, 0.1) is 35.5 Å². The van der Waals surface area contributed by atoms with Crippen LogP contribution in [0.2, 0.25) is 0 Å². The van der Waals surface area contributed by atoms with Gasteiger partial charge >= 0.3 is 23.9 Å². The van der Waals surface area contributed by atoms with Crippen molar-refractivity contribution >= 4 is 34.8 Å². The second-order valence-electron chi connectivity index (χ2n) is 16.3. The third kappa shape index (κ3) is 3.45. The summed E-state index contributed by atoms with van der Waals surface area (Å²) >= 11 is 0. The summed E-state index contributed by atoms with van der Waals surface area (Å²) in [6.45, 7) is 17.9. The number of hydrogen-bond acceptors (Lipinski definition) is 10. The summed E-state index contributed by atoms with van der Waals surface area (Å²) < 4.78 is 31.0. The maximum Gasteiger partial charge on any atom is 0.351 e. The normalized spacial score (nSPS) is 36.8. The predicted octanol–water partition coefficient (Wildman–Crippen LogP) is 5.06. The molecule has 0 spiro atoms. The summed E-state index contributed by atoms with van der Waals surface area (Å²) in [4.78, 5) is 71.1. The molecule has 11 heteroatoms. The van der Waals surface area contributed by atoms with E-state index in [0.717, 1.165) is 5.56 Å². The molecule has 47 heavy (non-hydrogen) atoms. The third-order valence-electron chi connectivity index (χ3n) is 13.7. The number of carbonyl (C=O) groups excluding carboxylic acids is 4. The van der Waals surface area contributed by atoms with Crippen LogP contribution in [0.3, 0.4) is 0 Å². The molecule has 4 fully saturated rings. The van der Waals surface area contributed by atoms with Crippen LogP contribution >= 0.6 is 0 Å². The minimum absolute atomic E-state index is 0.265. The first-order chi connectivity index (χ1) is 21.6. The molecular weight excluding hydrogens is 606 g/mol. The molecule has 4 bridgehead atoms. The van der Waals surface area contributed by atoms with Gasteiger partial charge in [-0.1, -0.05) is 27.7 Å². The summed E-state index contributed by atoms with van der Waals surface area (Å²) in [5, 5.41) is 0.700. The predicted molar refractivity (Wildman–Crippen MR) is 167 cm³/mol. The molecule has 2 aliphatic carbocycles. The summed E-state index contributed by atoms with van der Waals surface area (Å²) in [5.74, 6) is -2.11. The quantitative estimate of drug-likeness (QED) is 0.352. The van der Waals surface area contributed by atoms with Crippen molar-refractivity contribution in [2.45, 2.75) is 124 Å². The molecule has 1 aromatic heterocycles. The Bertz CT molecular complexity index is 1890. The number of esters is 4. The van der Waals surface area contributed by atoms with E-state index in [1.165, 1.54) is 0 Å². The Balaban J connectivity index is 1.38. The number of H-pyrrole nitrogens is 1. The number of pyridine rings is 1. The number of nitrogens with one attached hydrogen (secondary N) is 1. The van der Waals surface area contributed by atoms with Gasteiger partial charge in [0, 0.05) is 21.8 Å². The lowest BCUT2D eigenvalue weighted by molar-refractivity contribution is -0.217. The van der Waals surface area contributed by atoms with Crippen LogP contribution in [0.4, 0.5) is 0 Å². The standard InChI is InChI=1S/C36H43NO10/c1-17-18(2)25(38)37-22-19(17)11-12-20-21(22)23(43-28(41)35-15-13-33(9,26(39)46-35)31(35,5)6)24(30(3,4)45-20)44-29(42)36-16-14-34(10,27(40)47-36)32(36,7)8/h11-12,23-24H,13-16H2,1-10H3,(H,37,38)/t23-,24-,33?,34?,35?,36?/m1/s1. The Labute approximate surface area is 273 Å². The molecule has 1 N–H and O–H groups in total. The molecule has 2 saturated carbocycles. The van der Waals surface area contributed by atoms with Gasteiger partial charge in [-0.15, -0.1) is 0 Å². The number of aromatic amines is 1. The highest BCUT2D eigenvalue weighted by atomic mass is 16.7. The van der Waals surface area contributed by atoms with Crippen LogP contribution in [0.25, 0.3) is 10.9 Å². The molecule has 4 unspecified atom stereocenters. The largest absolute Gasteiger partial charge is 0.483 e. The van der Waals surface area contributed by atoms with E-state index in [2.05, 4.69) is 4.98 Å². The van der Waals surface area contributed by atoms with Crippen LogP contribution in [-0.2, 0) is 38.1 Å². The van der Waals surface area contributed by atoms with Crippen molar-refractivity contribution in [3.63, 3.8) is 0 Å². The van der Waals surface area contributed by atoms with Gasteiger partial charge in [-0.3, -0.25) is 14.4 Å². The van der Waals surface area contributed by atoms with Crippen LogP contribution in [0.15, 0.2) is 16.9 Å².